The molecule has 0 spiro atoms. The molecule has 1 atom stereocenters. The molecule has 1 unspecified atom stereocenters. The summed E-state index contributed by atoms with van der Waals surface area (Å²) >= 11 is 0. The van der Waals surface area contributed by atoms with Gasteiger partial charge in [-0.05, 0) is 18.4 Å². The predicted octanol–water partition coefficient (Wildman–Crippen LogP) is 3.78. The molecule has 1 aliphatic rings. The summed E-state index contributed by atoms with van der Waals surface area (Å²) in [5, 5.41) is 9.23. The lowest BCUT2D eigenvalue weighted by atomic mass is 9.70. The van der Waals surface area contributed by atoms with Gasteiger partial charge < -0.3 is 5.11 Å². The molecule has 3 rings (SSSR count). The van der Waals surface area contributed by atoms with Gasteiger partial charge in [-0.25, -0.2) is 4.58 Å². The van der Waals surface area contributed by atoms with Gasteiger partial charge in [0.15, 0.2) is 5.71 Å². The number of para-hydroxylation sites is 1. The van der Waals surface area contributed by atoms with Crippen LogP contribution in [0.1, 0.15) is 30.9 Å². The van der Waals surface area contributed by atoms with Gasteiger partial charge in [0.05, 0.1) is 5.41 Å². The Morgan fingerprint density at radius 1 is 1.09 bits per heavy atom. The molecule has 0 aliphatic carbocycles. The molecule has 0 aromatic heterocycles. The number of aliphatic carboxylic acids is 1. The average molecular weight is 308 g/mol. The topological polar surface area (TPSA) is 40.3 Å². The van der Waals surface area contributed by atoms with Crippen LogP contribution in [0.25, 0.3) is 0 Å². The van der Waals surface area contributed by atoms with E-state index in [2.05, 4.69) is 42.8 Å². The highest BCUT2D eigenvalue weighted by molar-refractivity contribution is 5.94. The Morgan fingerprint density at radius 3 is 2.43 bits per heavy atom. The third-order valence-corrected chi connectivity index (χ3v) is 5.09. The van der Waals surface area contributed by atoms with E-state index in [0.29, 0.717) is 6.42 Å². The van der Waals surface area contributed by atoms with E-state index in [0.717, 1.165) is 6.42 Å². The number of nitrogens with zero attached hydrogens (tertiary/aromatic N) is 1. The predicted molar refractivity (Wildman–Crippen MR) is 91.7 cm³/mol. The number of carboxylic acids is 1. The molecule has 2 aromatic carbocycles. The van der Waals surface area contributed by atoms with Crippen molar-refractivity contribution in [3.63, 3.8) is 0 Å². The molecule has 0 saturated heterocycles. The van der Waals surface area contributed by atoms with Gasteiger partial charge in [-0.2, -0.15) is 0 Å². The lowest BCUT2D eigenvalue weighted by Crippen LogP contribution is -2.36. The van der Waals surface area contributed by atoms with Gasteiger partial charge >= 0.3 is 5.97 Å². The zero-order chi connectivity index (χ0) is 16.4. The highest BCUT2D eigenvalue weighted by Gasteiger charge is 2.48. The van der Waals surface area contributed by atoms with Crippen LogP contribution in [0.4, 0.5) is 5.69 Å². The molecule has 1 N–H and O–H groups in total. The first kappa shape index (κ1) is 15.5. The van der Waals surface area contributed by atoms with Crippen molar-refractivity contribution in [2.45, 2.75) is 31.6 Å². The highest BCUT2D eigenvalue weighted by Crippen LogP contribution is 2.44. The minimum Gasteiger partial charge on any atom is -0.481 e. The van der Waals surface area contributed by atoms with Gasteiger partial charge in [0.1, 0.15) is 7.05 Å². The lowest BCUT2D eigenvalue weighted by Gasteiger charge is -2.27. The van der Waals surface area contributed by atoms with Crippen LogP contribution in [0.2, 0.25) is 0 Å². The Balaban J connectivity index is 2.11. The van der Waals surface area contributed by atoms with Crippen molar-refractivity contribution in [3.05, 3.63) is 65.7 Å². The Hall–Kier alpha value is -2.42. The molecule has 3 nitrogen and oxygen atoms in total. The van der Waals surface area contributed by atoms with E-state index >= 15 is 0 Å². The van der Waals surface area contributed by atoms with Crippen LogP contribution in [0.3, 0.4) is 0 Å². The van der Waals surface area contributed by atoms with Crippen molar-refractivity contribution in [3.8, 4) is 0 Å². The number of carbonyl (C=O) groups is 1. The monoisotopic (exact) mass is 308 g/mol. The summed E-state index contributed by atoms with van der Waals surface area (Å²) in [4.78, 5) is 11.2. The second kappa shape index (κ2) is 5.99. The van der Waals surface area contributed by atoms with Gasteiger partial charge in [-0.3, -0.25) is 4.79 Å². The lowest BCUT2D eigenvalue weighted by molar-refractivity contribution is -0.403. The smallest absolute Gasteiger partial charge is 0.303 e. The second-order valence-corrected chi connectivity index (χ2v) is 6.30. The highest BCUT2D eigenvalue weighted by atomic mass is 16.4. The van der Waals surface area contributed by atoms with Crippen LogP contribution in [-0.4, -0.2) is 28.4 Å². The van der Waals surface area contributed by atoms with Gasteiger partial charge in [-0.1, -0.05) is 48.5 Å². The first-order valence-corrected chi connectivity index (χ1v) is 7.97. The van der Waals surface area contributed by atoms with Crippen LogP contribution >= 0.6 is 0 Å². The number of hydrogen-bond acceptors (Lipinski definition) is 1. The number of fused-ring (bicyclic) bond motifs is 1. The summed E-state index contributed by atoms with van der Waals surface area (Å²) in [6, 6.07) is 18.7. The van der Waals surface area contributed by atoms with E-state index in [9.17, 15) is 9.90 Å². The van der Waals surface area contributed by atoms with Gasteiger partial charge in [0.2, 0.25) is 5.69 Å². The van der Waals surface area contributed by atoms with Crippen molar-refractivity contribution < 1.29 is 14.5 Å². The zero-order valence-corrected chi connectivity index (χ0v) is 13.6. The van der Waals surface area contributed by atoms with E-state index < -0.39 is 5.97 Å². The fourth-order valence-corrected chi connectivity index (χ4v) is 3.76. The molecule has 23 heavy (non-hydrogen) atoms. The van der Waals surface area contributed by atoms with E-state index in [-0.39, 0.29) is 11.8 Å². The molecular formula is C20H22NO2+. The van der Waals surface area contributed by atoms with Crippen LogP contribution in [-0.2, 0) is 16.6 Å². The van der Waals surface area contributed by atoms with Crippen molar-refractivity contribution >= 4 is 17.4 Å². The fraction of sp³-hybridized carbons (Fsp3) is 0.300. The summed E-state index contributed by atoms with van der Waals surface area (Å²) in [6.45, 7) is 2.13. The maximum absolute atomic E-state index is 11.2. The van der Waals surface area contributed by atoms with Crippen molar-refractivity contribution in [1.29, 1.82) is 0 Å². The standard InChI is InChI=1S/C20H21NO2/c1-15-20(13-12-19(22)23,14-16-8-4-3-5-9-16)17-10-6-7-11-18(17)21(15)2/h3-11H,12-14H2,1-2H3/p+1. The Morgan fingerprint density at radius 2 is 1.74 bits per heavy atom. The van der Waals surface area contributed by atoms with Gasteiger partial charge in [0.25, 0.3) is 0 Å². The van der Waals surface area contributed by atoms with Crippen LogP contribution < -0.4 is 0 Å². The maximum Gasteiger partial charge on any atom is 0.303 e. The molecule has 2 aromatic rings. The van der Waals surface area contributed by atoms with Gasteiger partial charge in [0, 0.05) is 25.0 Å². The molecule has 0 bridgehead atoms. The molecule has 0 radical (unpaired) electrons. The van der Waals surface area contributed by atoms with E-state index in [1.807, 2.05) is 30.3 Å². The maximum atomic E-state index is 11.2. The molecule has 0 amide bonds. The molecular weight excluding hydrogens is 286 g/mol. The normalized spacial score (nSPS) is 19.7. The molecule has 1 heterocycles. The summed E-state index contributed by atoms with van der Waals surface area (Å²) in [6.07, 6.45) is 1.62. The summed E-state index contributed by atoms with van der Waals surface area (Å²) < 4.78 is 2.21. The van der Waals surface area contributed by atoms with E-state index in [1.54, 1.807) is 0 Å². The molecule has 0 fully saturated rings. The van der Waals surface area contributed by atoms with Crippen molar-refractivity contribution in [2.75, 3.05) is 7.05 Å². The van der Waals surface area contributed by atoms with Crippen molar-refractivity contribution in [2.24, 2.45) is 0 Å². The Labute approximate surface area is 136 Å². The van der Waals surface area contributed by atoms with Gasteiger partial charge in [-0.15, -0.1) is 0 Å². The first-order valence-electron chi connectivity index (χ1n) is 7.97. The summed E-state index contributed by atoms with van der Waals surface area (Å²) in [7, 11) is 2.07. The summed E-state index contributed by atoms with van der Waals surface area (Å²) in [5.74, 6) is -0.739. The van der Waals surface area contributed by atoms with Crippen LogP contribution in [0, 0.1) is 0 Å². The quantitative estimate of drug-likeness (QED) is 0.854. The minimum absolute atomic E-state index is 0.173. The molecule has 0 saturated carbocycles. The third kappa shape index (κ3) is 2.67. The average Bonchev–Trinajstić information content (AvgIpc) is 2.77. The molecule has 1 aliphatic heterocycles. The second-order valence-electron chi connectivity index (χ2n) is 6.30. The van der Waals surface area contributed by atoms with E-state index in [4.69, 9.17) is 0 Å². The number of carboxylic acid groups (broad SMARTS) is 1. The number of benzene rings is 2. The Kier molecular flexibility index (Phi) is 4.03. The largest absolute Gasteiger partial charge is 0.481 e. The fourth-order valence-electron chi connectivity index (χ4n) is 3.76. The zero-order valence-electron chi connectivity index (χ0n) is 13.6. The van der Waals surface area contributed by atoms with Crippen molar-refractivity contribution in [1.82, 2.24) is 0 Å². The number of hydrogen-bond donors (Lipinski definition) is 1. The number of rotatable bonds is 5. The SMILES string of the molecule is CC1=[N+](C)c2ccccc2C1(CCC(=O)O)Cc1ccccc1. The third-order valence-electron chi connectivity index (χ3n) is 5.09. The first-order chi connectivity index (χ1) is 11.0. The van der Waals surface area contributed by atoms with Crippen LogP contribution in [0.5, 0.6) is 0 Å². The molecule has 3 heteroatoms. The van der Waals surface area contributed by atoms with Crippen LogP contribution in [0.15, 0.2) is 54.6 Å². The van der Waals surface area contributed by atoms with E-state index in [1.165, 1.54) is 22.5 Å². The summed E-state index contributed by atoms with van der Waals surface area (Å²) in [5.41, 5.74) is 4.65. The molecule has 118 valence electrons. The minimum atomic E-state index is -0.739. The Bertz CT molecular complexity index is 764.